The molecule has 0 bridgehead atoms. The molecule has 0 heterocycles. The van der Waals surface area contributed by atoms with Crippen molar-refractivity contribution in [2.45, 2.75) is 44.9 Å². The molecule has 0 fully saturated rings. The van der Waals surface area contributed by atoms with E-state index in [-0.39, 0.29) is 0 Å². The average molecular weight is 218 g/mol. The molecule has 11 heavy (non-hydrogen) atoms. The van der Waals surface area contributed by atoms with Crippen molar-refractivity contribution >= 4 is 15.9 Å². The van der Waals surface area contributed by atoms with Gasteiger partial charge < -0.3 is 0 Å². The van der Waals surface area contributed by atoms with Gasteiger partial charge in [0.25, 0.3) is 0 Å². The van der Waals surface area contributed by atoms with E-state index in [9.17, 15) is 0 Å². The van der Waals surface area contributed by atoms with Gasteiger partial charge in [0.1, 0.15) is 0 Å². The molecule has 0 rings (SSSR count). The summed E-state index contributed by atoms with van der Waals surface area (Å²) in [5.41, 5.74) is 0. The van der Waals surface area contributed by atoms with Gasteiger partial charge in [0.05, 0.1) is 6.07 Å². The van der Waals surface area contributed by atoms with Crippen LogP contribution in [-0.2, 0) is 0 Å². The molecular weight excluding hydrogens is 202 g/mol. The normalized spacial score (nSPS) is 9.45. The van der Waals surface area contributed by atoms with Crippen molar-refractivity contribution in [3.05, 3.63) is 0 Å². The zero-order chi connectivity index (χ0) is 8.36. The van der Waals surface area contributed by atoms with Crippen molar-refractivity contribution in [1.82, 2.24) is 0 Å². The number of nitriles is 1. The lowest BCUT2D eigenvalue weighted by Crippen LogP contribution is -1.79. The van der Waals surface area contributed by atoms with Crippen LogP contribution in [0, 0.1) is 11.3 Å². The van der Waals surface area contributed by atoms with Gasteiger partial charge in [0, 0.05) is 11.8 Å². The lowest BCUT2D eigenvalue weighted by atomic mass is 10.1. The summed E-state index contributed by atoms with van der Waals surface area (Å²) in [6, 6.07) is 2.16. The summed E-state index contributed by atoms with van der Waals surface area (Å²) in [6.45, 7) is 0. The molecule has 0 aliphatic heterocycles. The van der Waals surface area contributed by atoms with Gasteiger partial charge in [-0.05, 0) is 12.8 Å². The van der Waals surface area contributed by atoms with Crippen molar-refractivity contribution in [1.29, 1.82) is 5.26 Å². The maximum absolute atomic E-state index is 8.25. The predicted octanol–water partition coefficient (Wildman–Crippen LogP) is 3.64. The molecule has 0 aliphatic carbocycles. The summed E-state index contributed by atoms with van der Waals surface area (Å²) >= 11 is 3.40. The molecule has 0 saturated heterocycles. The smallest absolute Gasteiger partial charge is 0.0621 e. The second-order valence-electron chi connectivity index (χ2n) is 2.72. The SMILES string of the molecule is N#CCCCCCCCCBr. The molecule has 64 valence electrons. The van der Waals surface area contributed by atoms with Gasteiger partial charge in [-0.3, -0.25) is 0 Å². The first-order valence-corrected chi connectivity index (χ1v) is 5.47. The summed E-state index contributed by atoms with van der Waals surface area (Å²) in [5.74, 6) is 0. The Balaban J connectivity index is 2.75. The van der Waals surface area contributed by atoms with Crippen LogP contribution < -0.4 is 0 Å². The summed E-state index contributed by atoms with van der Waals surface area (Å²) < 4.78 is 0. The van der Waals surface area contributed by atoms with E-state index in [2.05, 4.69) is 22.0 Å². The first-order valence-electron chi connectivity index (χ1n) is 4.34. The zero-order valence-electron chi connectivity index (χ0n) is 6.98. The Kier molecular flexibility index (Phi) is 9.94. The number of nitrogens with zero attached hydrogens (tertiary/aromatic N) is 1. The van der Waals surface area contributed by atoms with Crippen molar-refractivity contribution in [2.24, 2.45) is 0 Å². The molecule has 0 aromatic carbocycles. The summed E-state index contributed by atoms with van der Waals surface area (Å²) in [6.07, 6.45) is 8.31. The monoisotopic (exact) mass is 217 g/mol. The van der Waals surface area contributed by atoms with E-state index in [1.54, 1.807) is 0 Å². The fourth-order valence-electron chi connectivity index (χ4n) is 1.01. The number of unbranched alkanes of at least 4 members (excludes halogenated alkanes) is 6. The average Bonchev–Trinajstić information content (AvgIpc) is 2.03. The number of rotatable bonds is 7. The van der Waals surface area contributed by atoms with Crippen LogP contribution >= 0.6 is 15.9 Å². The topological polar surface area (TPSA) is 23.8 Å². The maximum atomic E-state index is 8.25. The summed E-state index contributed by atoms with van der Waals surface area (Å²) in [4.78, 5) is 0. The number of hydrogen-bond donors (Lipinski definition) is 0. The predicted molar refractivity (Wildman–Crippen MR) is 51.7 cm³/mol. The highest BCUT2D eigenvalue weighted by molar-refractivity contribution is 9.09. The van der Waals surface area contributed by atoms with E-state index in [0.717, 1.165) is 18.2 Å². The van der Waals surface area contributed by atoms with Crippen molar-refractivity contribution in [3.8, 4) is 6.07 Å². The molecule has 0 aromatic rings. The largest absolute Gasteiger partial charge is 0.198 e. The molecule has 1 nitrogen and oxygen atoms in total. The van der Waals surface area contributed by atoms with E-state index in [1.165, 1.54) is 32.1 Å². The van der Waals surface area contributed by atoms with Gasteiger partial charge in [-0.1, -0.05) is 41.6 Å². The molecule has 0 spiro atoms. The third kappa shape index (κ3) is 9.97. The van der Waals surface area contributed by atoms with Crippen LogP contribution in [0.25, 0.3) is 0 Å². The second-order valence-corrected chi connectivity index (χ2v) is 3.51. The molecule has 0 atom stereocenters. The zero-order valence-corrected chi connectivity index (χ0v) is 8.57. The minimum absolute atomic E-state index is 0.735. The molecule has 0 aliphatic rings. The molecule has 0 aromatic heterocycles. The minimum Gasteiger partial charge on any atom is -0.198 e. The lowest BCUT2D eigenvalue weighted by molar-refractivity contribution is 0.615. The number of alkyl halides is 1. The van der Waals surface area contributed by atoms with Crippen LogP contribution in [0.5, 0.6) is 0 Å². The van der Waals surface area contributed by atoms with E-state index in [1.807, 2.05) is 0 Å². The van der Waals surface area contributed by atoms with Gasteiger partial charge in [0.2, 0.25) is 0 Å². The van der Waals surface area contributed by atoms with Gasteiger partial charge in [0.15, 0.2) is 0 Å². The second kappa shape index (κ2) is 9.97. The van der Waals surface area contributed by atoms with Crippen molar-refractivity contribution in [3.63, 3.8) is 0 Å². The third-order valence-corrected chi connectivity index (χ3v) is 2.23. The van der Waals surface area contributed by atoms with E-state index >= 15 is 0 Å². The standard InChI is InChI=1S/C9H16BrN/c10-8-6-4-2-1-3-5-7-9-11/h1-8H2. The lowest BCUT2D eigenvalue weighted by Gasteiger charge is -1.96. The van der Waals surface area contributed by atoms with Crippen LogP contribution in [0.15, 0.2) is 0 Å². The molecule has 0 amide bonds. The van der Waals surface area contributed by atoms with Crippen LogP contribution in [-0.4, -0.2) is 5.33 Å². The Morgan fingerprint density at radius 1 is 0.909 bits per heavy atom. The number of hydrogen-bond acceptors (Lipinski definition) is 1. The Labute approximate surface area is 77.9 Å². The van der Waals surface area contributed by atoms with Gasteiger partial charge >= 0.3 is 0 Å². The Bertz CT molecular complexity index is 107. The maximum Gasteiger partial charge on any atom is 0.0621 e. The van der Waals surface area contributed by atoms with E-state index in [4.69, 9.17) is 5.26 Å². The molecule has 0 N–H and O–H groups in total. The molecule has 0 unspecified atom stereocenters. The van der Waals surface area contributed by atoms with Crippen molar-refractivity contribution < 1.29 is 0 Å². The van der Waals surface area contributed by atoms with Crippen molar-refractivity contribution in [2.75, 3.05) is 5.33 Å². The fourth-order valence-corrected chi connectivity index (χ4v) is 1.40. The Morgan fingerprint density at radius 2 is 1.45 bits per heavy atom. The van der Waals surface area contributed by atoms with Crippen LogP contribution in [0.3, 0.4) is 0 Å². The summed E-state index contributed by atoms with van der Waals surface area (Å²) in [5, 5.41) is 9.38. The highest BCUT2D eigenvalue weighted by atomic mass is 79.9. The van der Waals surface area contributed by atoms with Crippen LogP contribution in [0.4, 0.5) is 0 Å². The Morgan fingerprint density at radius 3 is 2.00 bits per heavy atom. The van der Waals surface area contributed by atoms with Crippen LogP contribution in [0.1, 0.15) is 44.9 Å². The molecular formula is C9H16BrN. The van der Waals surface area contributed by atoms with Gasteiger partial charge in [-0.2, -0.15) is 5.26 Å². The number of halogens is 1. The first kappa shape index (κ1) is 11.0. The first-order chi connectivity index (χ1) is 5.41. The third-order valence-electron chi connectivity index (χ3n) is 1.67. The minimum atomic E-state index is 0.735. The summed E-state index contributed by atoms with van der Waals surface area (Å²) in [7, 11) is 0. The molecule has 0 saturated carbocycles. The van der Waals surface area contributed by atoms with Gasteiger partial charge in [-0.15, -0.1) is 0 Å². The van der Waals surface area contributed by atoms with Gasteiger partial charge in [-0.25, -0.2) is 0 Å². The van der Waals surface area contributed by atoms with E-state index in [0.29, 0.717) is 0 Å². The highest BCUT2D eigenvalue weighted by Crippen LogP contribution is 2.07. The Hall–Kier alpha value is -0.0300. The quantitative estimate of drug-likeness (QED) is 0.472. The highest BCUT2D eigenvalue weighted by Gasteiger charge is 1.89. The van der Waals surface area contributed by atoms with Crippen LogP contribution in [0.2, 0.25) is 0 Å². The molecule has 2 heteroatoms. The fraction of sp³-hybridized carbons (Fsp3) is 0.889. The van der Waals surface area contributed by atoms with E-state index < -0.39 is 0 Å². The molecule has 0 radical (unpaired) electrons.